The molecular weight excluding hydrogens is 368 g/mol. The van der Waals surface area contributed by atoms with Crippen LogP contribution >= 0.6 is 0 Å². The van der Waals surface area contributed by atoms with Crippen molar-refractivity contribution in [2.24, 2.45) is 0 Å². The molecule has 1 aliphatic rings. The average Bonchev–Trinajstić information content (AvgIpc) is 2.73. The van der Waals surface area contributed by atoms with Crippen molar-refractivity contribution in [3.05, 3.63) is 58.7 Å². The second-order valence-corrected chi connectivity index (χ2v) is 7.73. The number of aromatic carboxylic acids is 1. The molecule has 0 amide bonds. The summed E-state index contributed by atoms with van der Waals surface area (Å²) in [6.07, 6.45) is 7.91. The van der Waals surface area contributed by atoms with Gasteiger partial charge < -0.3 is 14.9 Å². The SMILES string of the molecule is CCCCc1cc(C(=O)Oc2ccc(C(=O)O)cc2C2CCCCC2)ccc1O. The Kier molecular flexibility index (Phi) is 6.91. The van der Waals surface area contributed by atoms with Gasteiger partial charge in [-0.1, -0.05) is 32.6 Å². The maximum Gasteiger partial charge on any atom is 0.343 e. The minimum Gasteiger partial charge on any atom is -0.508 e. The molecule has 0 bridgehead atoms. The molecule has 154 valence electrons. The van der Waals surface area contributed by atoms with Crippen LogP contribution in [-0.4, -0.2) is 22.2 Å². The number of aromatic hydroxyl groups is 1. The number of hydrogen-bond donors (Lipinski definition) is 2. The summed E-state index contributed by atoms with van der Waals surface area (Å²) in [5.41, 5.74) is 2.11. The van der Waals surface area contributed by atoms with Crippen molar-refractivity contribution in [1.29, 1.82) is 0 Å². The lowest BCUT2D eigenvalue weighted by Crippen LogP contribution is -2.13. The van der Waals surface area contributed by atoms with Crippen LogP contribution in [0.2, 0.25) is 0 Å². The third-order valence-electron chi connectivity index (χ3n) is 5.62. The highest BCUT2D eigenvalue weighted by atomic mass is 16.5. The van der Waals surface area contributed by atoms with Crippen LogP contribution in [0.5, 0.6) is 11.5 Å². The van der Waals surface area contributed by atoms with Crippen LogP contribution in [0.3, 0.4) is 0 Å². The molecule has 0 radical (unpaired) electrons. The van der Waals surface area contributed by atoms with Gasteiger partial charge in [-0.3, -0.25) is 0 Å². The van der Waals surface area contributed by atoms with E-state index >= 15 is 0 Å². The number of unbranched alkanes of at least 4 members (excludes halogenated alkanes) is 1. The Hall–Kier alpha value is -2.82. The van der Waals surface area contributed by atoms with Crippen LogP contribution in [0.25, 0.3) is 0 Å². The van der Waals surface area contributed by atoms with Gasteiger partial charge in [-0.15, -0.1) is 0 Å². The van der Waals surface area contributed by atoms with Gasteiger partial charge >= 0.3 is 11.9 Å². The predicted molar refractivity (Wildman–Crippen MR) is 111 cm³/mol. The highest BCUT2D eigenvalue weighted by Crippen LogP contribution is 2.38. The summed E-state index contributed by atoms with van der Waals surface area (Å²) in [7, 11) is 0. The van der Waals surface area contributed by atoms with Crippen molar-refractivity contribution in [3.8, 4) is 11.5 Å². The molecule has 2 aromatic rings. The van der Waals surface area contributed by atoms with Gasteiger partial charge in [-0.2, -0.15) is 0 Å². The number of phenolic OH excluding ortho intramolecular Hbond substituents is 1. The van der Waals surface area contributed by atoms with E-state index in [1.807, 2.05) is 0 Å². The number of esters is 1. The van der Waals surface area contributed by atoms with Crippen molar-refractivity contribution in [2.45, 2.75) is 64.2 Å². The molecule has 0 saturated heterocycles. The molecule has 1 aliphatic carbocycles. The Morgan fingerprint density at radius 2 is 1.76 bits per heavy atom. The summed E-state index contributed by atoms with van der Waals surface area (Å²) in [6, 6.07) is 9.46. The Morgan fingerprint density at radius 1 is 1.03 bits per heavy atom. The largest absolute Gasteiger partial charge is 0.508 e. The number of benzene rings is 2. The summed E-state index contributed by atoms with van der Waals surface area (Å²) >= 11 is 0. The molecule has 0 heterocycles. The fourth-order valence-electron chi connectivity index (χ4n) is 3.95. The average molecular weight is 396 g/mol. The highest BCUT2D eigenvalue weighted by molar-refractivity contribution is 5.92. The number of carbonyl (C=O) groups is 2. The number of rotatable bonds is 7. The van der Waals surface area contributed by atoms with E-state index in [9.17, 15) is 19.8 Å². The lowest BCUT2D eigenvalue weighted by Gasteiger charge is -2.24. The van der Waals surface area contributed by atoms with E-state index in [4.69, 9.17) is 4.74 Å². The van der Waals surface area contributed by atoms with E-state index < -0.39 is 11.9 Å². The fraction of sp³-hybridized carbons (Fsp3) is 0.417. The van der Waals surface area contributed by atoms with Gasteiger partial charge in [0.15, 0.2) is 0 Å². The monoisotopic (exact) mass is 396 g/mol. The van der Waals surface area contributed by atoms with Crippen molar-refractivity contribution in [3.63, 3.8) is 0 Å². The zero-order chi connectivity index (χ0) is 20.8. The molecule has 3 rings (SSSR count). The first kappa shape index (κ1) is 20.9. The van der Waals surface area contributed by atoms with E-state index in [2.05, 4.69) is 6.92 Å². The van der Waals surface area contributed by atoms with Gasteiger partial charge in [0.1, 0.15) is 11.5 Å². The highest BCUT2D eigenvalue weighted by Gasteiger charge is 2.23. The summed E-state index contributed by atoms with van der Waals surface area (Å²) in [6.45, 7) is 2.07. The van der Waals surface area contributed by atoms with Gasteiger partial charge in [-0.05, 0) is 79.1 Å². The van der Waals surface area contributed by atoms with Crippen molar-refractivity contribution in [2.75, 3.05) is 0 Å². The standard InChI is InChI=1S/C24H28O5/c1-2-3-7-17-14-19(10-12-21(17)25)24(28)29-22-13-11-18(23(26)27)15-20(22)16-8-5-4-6-9-16/h10-16,25H,2-9H2,1H3,(H,26,27). The minimum absolute atomic E-state index is 0.184. The third kappa shape index (κ3) is 5.17. The van der Waals surface area contributed by atoms with E-state index in [0.717, 1.165) is 49.7 Å². The lowest BCUT2D eigenvalue weighted by atomic mass is 9.83. The van der Waals surface area contributed by atoms with Crippen molar-refractivity contribution in [1.82, 2.24) is 0 Å². The first-order chi connectivity index (χ1) is 14.0. The van der Waals surface area contributed by atoms with Crippen LogP contribution in [0, 0.1) is 0 Å². The van der Waals surface area contributed by atoms with E-state index in [0.29, 0.717) is 17.7 Å². The molecule has 0 aliphatic heterocycles. The van der Waals surface area contributed by atoms with Crippen LogP contribution < -0.4 is 4.74 Å². The molecule has 2 aromatic carbocycles. The number of hydrogen-bond acceptors (Lipinski definition) is 4. The van der Waals surface area contributed by atoms with Gasteiger partial charge in [0, 0.05) is 0 Å². The maximum atomic E-state index is 12.8. The van der Waals surface area contributed by atoms with Crippen LogP contribution in [0.15, 0.2) is 36.4 Å². The summed E-state index contributed by atoms with van der Waals surface area (Å²) in [5, 5.41) is 19.4. The Bertz CT molecular complexity index is 881. The number of carboxylic acid groups (broad SMARTS) is 1. The Labute approximate surface area is 171 Å². The van der Waals surface area contributed by atoms with Crippen LogP contribution in [-0.2, 0) is 6.42 Å². The zero-order valence-corrected chi connectivity index (χ0v) is 16.8. The maximum absolute atomic E-state index is 12.8. The number of phenols is 1. The van der Waals surface area contributed by atoms with Crippen LogP contribution in [0.4, 0.5) is 0 Å². The molecule has 0 atom stereocenters. The second-order valence-electron chi connectivity index (χ2n) is 7.73. The number of carbonyl (C=O) groups excluding carboxylic acids is 1. The first-order valence-electron chi connectivity index (χ1n) is 10.4. The normalized spacial score (nSPS) is 14.5. The van der Waals surface area contributed by atoms with Gasteiger partial charge in [-0.25, -0.2) is 9.59 Å². The smallest absolute Gasteiger partial charge is 0.343 e. The Balaban J connectivity index is 1.87. The Morgan fingerprint density at radius 3 is 2.45 bits per heavy atom. The molecule has 5 heteroatoms. The summed E-state index contributed by atoms with van der Waals surface area (Å²) in [4.78, 5) is 24.2. The van der Waals surface area contributed by atoms with Gasteiger partial charge in [0.05, 0.1) is 11.1 Å². The van der Waals surface area contributed by atoms with E-state index in [1.165, 1.54) is 18.6 Å². The molecule has 2 N–H and O–H groups in total. The molecule has 1 fully saturated rings. The summed E-state index contributed by atoms with van der Waals surface area (Å²) < 4.78 is 5.71. The predicted octanol–water partition coefficient (Wildman–Crippen LogP) is 5.70. The number of carboxylic acids is 1. The molecular formula is C24H28O5. The van der Waals surface area contributed by atoms with Gasteiger partial charge in [0.25, 0.3) is 0 Å². The van der Waals surface area contributed by atoms with Gasteiger partial charge in [0.2, 0.25) is 0 Å². The number of aryl methyl sites for hydroxylation is 1. The lowest BCUT2D eigenvalue weighted by molar-refractivity contribution is 0.0696. The van der Waals surface area contributed by atoms with Crippen molar-refractivity contribution < 1.29 is 24.5 Å². The van der Waals surface area contributed by atoms with Crippen molar-refractivity contribution >= 4 is 11.9 Å². The molecule has 0 spiro atoms. The quantitative estimate of drug-likeness (QED) is 0.463. The topological polar surface area (TPSA) is 83.8 Å². The molecule has 0 unspecified atom stereocenters. The molecule has 0 aromatic heterocycles. The van der Waals surface area contributed by atoms with E-state index in [1.54, 1.807) is 24.3 Å². The summed E-state index contributed by atoms with van der Waals surface area (Å²) in [5.74, 6) is -0.675. The van der Waals surface area contributed by atoms with Crippen LogP contribution in [0.1, 0.15) is 89.6 Å². The van der Waals surface area contributed by atoms with E-state index in [-0.39, 0.29) is 17.2 Å². The first-order valence-corrected chi connectivity index (χ1v) is 10.4. The third-order valence-corrected chi connectivity index (χ3v) is 5.62. The number of ether oxygens (including phenoxy) is 1. The molecule has 5 nitrogen and oxygen atoms in total. The minimum atomic E-state index is -0.987. The molecule has 29 heavy (non-hydrogen) atoms. The molecule has 1 saturated carbocycles. The fourth-order valence-corrected chi connectivity index (χ4v) is 3.95. The second kappa shape index (κ2) is 9.59. The zero-order valence-electron chi connectivity index (χ0n) is 16.8.